The molecule has 178 valence electrons. The zero-order valence-electron chi connectivity index (χ0n) is 19.5. The number of sulfonamides is 1. The van der Waals surface area contributed by atoms with Gasteiger partial charge in [0.05, 0.1) is 16.3 Å². The summed E-state index contributed by atoms with van der Waals surface area (Å²) in [6, 6.07) is 30.9. The second-order valence-electron chi connectivity index (χ2n) is 8.05. The number of hydrogen-bond donors (Lipinski definition) is 1. The number of rotatable bonds is 8. The van der Waals surface area contributed by atoms with Crippen molar-refractivity contribution < 1.29 is 13.2 Å². The van der Waals surface area contributed by atoms with E-state index in [1.54, 1.807) is 30.3 Å². The summed E-state index contributed by atoms with van der Waals surface area (Å²) in [5.74, 6) is -0.427. The SMILES string of the molecule is Cc1ccc(N(CC(=O)Nc2ccccc2Sc2ccccc2)S(=O)(=O)c2ccccc2)cc1C. The van der Waals surface area contributed by atoms with Gasteiger partial charge < -0.3 is 5.32 Å². The van der Waals surface area contributed by atoms with Gasteiger partial charge in [-0.2, -0.15) is 0 Å². The van der Waals surface area contributed by atoms with E-state index in [0.717, 1.165) is 25.2 Å². The molecule has 5 nitrogen and oxygen atoms in total. The molecule has 4 rings (SSSR count). The number of benzene rings is 4. The number of para-hydroxylation sites is 1. The lowest BCUT2D eigenvalue weighted by Crippen LogP contribution is -2.38. The molecular weight excluding hydrogens is 476 g/mol. The topological polar surface area (TPSA) is 66.5 Å². The number of carbonyl (C=O) groups excluding carboxylic acids is 1. The van der Waals surface area contributed by atoms with Crippen LogP contribution in [0.5, 0.6) is 0 Å². The first-order valence-corrected chi connectivity index (χ1v) is 13.4. The van der Waals surface area contributed by atoms with Crippen molar-refractivity contribution in [2.45, 2.75) is 28.5 Å². The van der Waals surface area contributed by atoms with Crippen molar-refractivity contribution in [3.63, 3.8) is 0 Å². The van der Waals surface area contributed by atoms with Gasteiger partial charge in [-0.05, 0) is 73.5 Å². The Bertz CT molecular complexity index is 1420. The monoisotopic (exact) mass is 502 g/mol. The highest BCUT2D eigenvalue weighted by molar-refractivity contribution is 7.99. The van der Waals surface area contributed by atoms with Crippen molar-refractivity contribution in [2.24, 2.45) is 0 Å². The van der Waals surface area contributed by atoms with E-state index in [4.69, 9.17) is 0 Å². The third-order valence-corrected chi connectivity index (χ3v) is 8.40. The van der Waals surface area contributed by atoms with Crippen LogP contribution in [0.25, 0.3) is 0 Å². The number of hydrogen-bond acceptors (Lipinski definition) is 4. The molecule has 0 aromatic heterocycles. The lowest BCUT2D eigenvalue weighted by atomic mass is 10.1. The van der Waals surface area contributed by atoms with Crippen LogP contribution in [0.2, 0.25) is 0 Å². The Labute approximate surface area is 210 Å². The molecule has 0 spiro atoms. The number of amides is 1. The van der Waals surface area contributed by atoms with E-state index < -0.39 is 15.9 Å². The Hall–Kier alpha value is -3.55. The minimum atomic E-state index is -3.96. The average Bonchev–Trinajstić information content (AvgIpc) is 2.86. The molecule has 0 heterocycles. The van der Waals surface area contributed by atoms with E-state index >= 15 is 0 Å². The molecule has 0 atom stereocenters. The molecule has 4 aromatic rings. The van der Waals surface area contributed by atoms with Crippen LogP contribution in [-0.2, 0) is 14.8 Å². The normalized spacial score (nSPS) is 11.1. The van der Waals surface area contributed by atoms with Gasteiger partial charge in [0.2, 0.25) is 5.91 Å². The van der Waals surface area contributed by atoms with Gasteiger partial charge in [-0.3, -0.25) is 9.10 Å². The Morgan fingerprint density at radius 1 is 0.800 bits per heavy atom. The predicted molar refractivity (Wildman–Crippen MR) is 143 cm³/mol. The number of aryl methyl sites for hydroxylation is 2. The van der Waals surface area contributed by atoms with Crippen molar-refractivity contribution in [1.29, 1.82) is 0 Å². The number of nitrogens with one attached hydrogen (secondary N) is 1. The molecule has 0 fully saturated rings. The van der Waals surface area contributed by atoms with Gasteiger partial charge in [0.15, 0.2) is 0 Å². The molecule has 0 aliphatic carbocycles. The molecule has 0 unspecified atom stereocenters. The number of anilines is 2. The number of carbonyl (C=O) groups is 1. The first-order chi connectivity index (χ1) is 16.8. The molecule has 0 radical (unpaired) electrons. The Morgan fingerprint density at radius 3 is 2.11 bits per heavy atom. The fourth-order valence-electron chi connectivity index (χ4n) is 3.51. The van der Waals surface area contributed by atoms with Crippen molar-refractivity contribution in [2.75, 3.05) is 16.2 Å². The molecule has 0 saturated heterocycles. The Kier molecular flexibility index (Phi) is 7.58. The van der Waals surface area contributed by atoms with Gasteiger partial charge in [0.25, 0.3) is 10.0 Å². The van der Waals surface area contributed by atoms with E-state index in [9.17, 15) is 13.2 Å². The first kappa shape index (κ1) is 24.6. The van der Waals surface area contributed by atoms with Gasteiger partial charge in [0, 0.05) is 9.79 Å². The molecule has 1 amide bonds. The van der Waals surface area contributed by atoms with Gasteiger partial charge in [-0.15, -0.1) is 0 Å². The van der Waals surface area contributed by atoms with E-state index in [1.165, 1.54) is 23.9 Å². The molecule has 4 aromatic carbocycles. The summed E-state index contributed by atoms with van der Waals surface area (Å²) in [6.45, 7) is 3.52. The molecule has 7 heteroatoms. The molecular formula is C28H26N2O3S2. The van der Waals surface area contributed by atoms with Gasteiger partial charge in [-0.1, -0.05) is 66.4 Å². The Balaban J connectivity index is 1.63. The van der Waals surface area contributed by atoms with Crippen LogP contribution in [0.3, 0.4) is 0 Å². The summed E-state index contributed by atoms with van der Waals surface area (Å²) in [6.07, 6.45) is 0. The summed E-state index contributed by atoms with van der Waals surface area (Å²) in [5, 5.41) is 2.91. The van der Waals surface area contributed by atoms with Crippen LogP contribution in [0.15, 0.2) is 118 Å². The van der Waals surface area contributed by atoms with Crippen LogP contribution in [-0.4, -0.2) is 20.9 Å². The van der Waals surface area contributed by atoms with E-state index in [0.29, 0.717) is 11.4 Å². The molecule has 0 bridgehead atoms. The van der Waals surface area contributed by atoms with Gasteiger partial charge in [-0.25, -0.2) is 8.42 Å². The summed E-state index contributed by atoms with van der Waals surface area (Å²) < 4.78 is 28.3. The highest BCUT2D eigenvalue weighted by atomic mass is 32.2. The minimum Gasteiger partial charge on any atom is -0.323 e. The summed E-state index contributed by atoms with van der Waals surface area (Å²) in [5.41, 5.74) is 3.06. The molecule has 35 heavy (non-hydrogen) atoms. The van der Waals surface area contributed by atoms with Crippen LogP contribution in [0.4, 0.5) is 11.4 Å². The fourth-order valence-corrected chi connectivity index (χ4v) is 5.87. The van der Waals surface area contributed by atoms with Crippen LogP contribution in [0, 0.1) is 13.8 Å². The smallest absolute Gasteiger partial charge is 0.264 e. The Morgan fingerprint density at radius 2 is 1.43 bits per heavy atom. The predicted octanol–water partition coefficient (Wildman–Crippen LogP) is 6.29. The standard InChI is InChI=1S/C28H26N2O3S2/c1-21-17-18-23(19-22(21)2)30(35(32,33)25-13-7-4-8-14-25)20-28(31)29-26-15-9-10-16-27(26)34-24-11-5-3-6-12-24/h3-19H,20H2,1-2H3,(H,29,31). The second-order valence-corrected chi connectivity index (χ2v) is 11.0. The third-order valence-electron chi connectivity index (χ3n) is 5.53. The van der Waals surface area contributed by atoms with Crippen molar-refractivity contribution in [3.8, 4) is 0 Å². The van der Waals surface area contributed by atoms with Crippen molar-refractivity contribution in [3.05, 3.63) is 114 Å². The highest BCUT2D eigenvalue weighted by Crippen LogP contribution is 2.33. The van der Waals surface area contributed by atoms with Crippen molar-refractivity contribution >= 4 is 39.1 Å². The molecule has 0 aliphatic heterocycles. The summed E-state index contributed by atoms with van der Waals surface area (Å²) in [4.78, 5) is 15.2. The van der Waals surface area contributed by atoms with E-state index in [2.05, 4.69) is 5.32 Å². The van der Waals surface area contributed by atoms with Crippen molar-refractivity contribution in [1.82, 2.24) is 0 Å². The maximum Gasteiger partial charge on any atom is 0.264 e. The summed E-state index contributed by atoms with van der Waals surface area (Å²) in [7, 11) is -3.96. The zero-order chi connectivity index (χ0) is 24.8. The largest absolute Gasteiger partial charge is 0.323 e. The highest BCUT2D eigenvalue weighted by Gasteiger charge is 2.27. The zero-order valence-corrected chi connectivity index (χ0v) is 21.1. The molecule has 0 saturated carbocycles. The van der Waals surface area contributed by atoms with Crippen LogP contribution < -0.4 is 9.62 Å². The molecule has 1 N–H and O–H groups in total. The summed E-state index contributed by atoms with van der Waals surface area (Å²) >= 11 is 1.53. The van der Waals surface area contributed by atoms with E-state index in [-0.39, 0.29) is 11.4 Å². The average molecular weight is 503 g/mol. The maximum atomic E-state index is 13.6. The molecule has 0 aliphatic rings. The van der Waals surface area contributed by atoms with Gasteiger partial charge >= 0.3 is 0 Å². The first-order valence-electron chi connectivity index (χ1n) is 11.1. The second kappa shape index (κ2) is 10.8. The quantitative estimate of drug-likeness (QED) is 0.308. The van der Waals surface area contributed by atoms with E-state index in [1.807, 2.05) is 74.5 Å². The van der Waals surface area contributed by atoms with Crippen LogP contribution in [0.1, 0.15) is 11.1 Å². The minimum absolute atomic E-state index is 0.131. The lowest BCUT2D eigenvalue weighted by molar-refractivity contribution is -0.114. The fraction of sp³-hybridized carbons (Fsp3) is 0.107. The third kappa shape index (κ3) is 5.93. The number of nitrogens with zero attached hydrogens (tertiary/aromatic N) is 1. The lowest BCUT2D eigenvalue weighted by Gasteiger charge is -2.25. The van der Waals surface area contributed by atoms with Gasteiger partial charge in [0.1, 0.15) is 6.54 Å². The maximum absolute atomic E-state index is 13.6. The van der Waals surface area contributed by atoms with Crippen LogP contribution >= 0.6 is 11.8 Å².